The minimum absolute atomic E-state index is 0.865. The maximum Gasteiger partial charge on any atom is 0.0313 e. The molecule has 1 aliphatic rings. The third-order valence-electron chi connectivity index (χ3n) is 3.76. The number of hydrogen-bond donors (Lipinski definition) is 1. The Hall–Kier alpha value is -0.930. The van der Waals surface area contributed by atoms with E-state index >= 15 is 0 Å². The highest BCUT2D eigenvalue weighted by Crippen LogP contribution is 2.15. The van der Waals surface area contributed by atoms with Crippen molar-refractivity contribution in [2.24, 2.45) is 5.92 Å². The highest BCUT2D eigenvalue weighted by atomic mass is 15.1. The number of rotatable bonds is 5. The Balaban J connectivity index is 1.88. The van der Waals surface area contributed by atoms with Gasteiger partial charge in [0.15, 0.2) is 0 Å². The van der Waals surface area contributed by atoms with Gasteiger partial charge in [-0.15, -0.1) is 0 Å². The van der Waals surface area contributed by atoms with E-state index in [4.69, 9.17) is 0 Å². The first kappa shape index (κ1) is 13.5. The molecule has 2 rings (SSSR count). The average Bonchev–Trinajstić information content (AvgIpc) is 2.39. The summed E-state index contributed by atoms with van der Waals surface area (Å²) >= 11 is 0. The summed E-state index contributed by atoms with van der Waals surface area (Å²) < 4.78 is 0. The second-order valence-corrected chi connectivity index (χ2v) is 5.39. The zero-order chi connectivity index (χ0) is 12.8. The summed E-state index contributed by atoms with van der Waals surface area (Å²) in [6.07, 6.45) is 6.57. The minimum atomic E-state index is 0.865. The normalized spacial score (nSPS) is 17.3. The van der Waals surface area contributed by atoms with E-state index in [2.05, 4.69) is 35.1 Å². The predicted molar refractivity (Wildman–Crippen MR) is 75.5 cm³/mol. The van der Waals surface area contributed by atoms with Gasteiger partial charge >= 0.3 is 0 Å². The zero-order valence-corrected chi connectivity index (χ0v) is 11.7. The Morgan fingerprint density at radius 1 is 1.33 bits per heavy atom. The Morgan fingerprint density at radius 3 is 2.78 bits per heavy atom. The van der Waals surface area contributed by atoms with Crippen molar-refractivity contribution >= 4 is 0 Å². The number of nitrogens with one attached hydrogen (secondary N) is 1. The Kier molecular flexibility index (Phi) is 5.14. The van der Waals surface area contributed by atoms with Crippen molar-refractivity contribution in [1.82, 2.24) is 15.2 Å². The minimum Gasteiger partial charge on any atom is -0.317 e. The molecule has 1 N–H and O–H groups in total. The first-order chi connectivity index (χ1) is 8.78. The van der Waals surface area contributed by atoms with Gasteiger partial charge in [-0.1, -0.05) is 13.0 Å². The average molecular weight is 247 g/mol. The number of piperidine rings is 1. The third kappa shape index (κ3) is 4.07. The van der Waals surface area contributed by atoms with E-state index in [1.807, 2.05) is 12.4 Å². The van der Waals surface area contributed by atoms with Gasteiger partial charge in [-0.25, -0.2) is 0 Å². The molecular weight excluding hydrogens is 222 g/mol. The zero-order valence-electron chi connectivity index (χ0n) is 11.7. The highest BCUT2D eigenvalue weighted by molar-refractivity contribution is 5.16. The molecule has 1 fully saturated rings. The van der Waals surface area contributed by atoms with E-state index in [0.29, 0.717) is 0 Å². The number of aromatic nitrogens is 1. The van der Waals surface area contributed by atoms with Crippen LogP contribution in [0.3, 0.4) is 0 Å². The van der Waals surface area contributed by atoms with Gasteiger partial charge in [-0.05, 0) is 56.4 Å². The van der Waals surface area contributed by atoms with Crippen molar-refractivity contribution in [1.29, 1.82) is 0 Å². The lowest BCUT2D eigenvalue weighted by atomic mass is 9.97. The van der Waals surface area contributed by atoms with Crippen molar-refractivity contribution in [2.75, 3.05) is 26.2 Å². The summed E-state index contributed by atoms with van der Waals surface area (Å²) in [5.41, 5.74) is 2.59. The van der Waals surface area contributed by atoms with Crippen LogP contribution in [0.25, 0.3) is 0 Å². The van der Waals surface area contributed by atoms with Crippen molar-refractivity contribution in [3.05, 3.63) is 29.6 Å². The van der Waals surface area contributed by atoms with Crippen LogP contribution in [0, 0.1) is 12.8 Å². The maximum atomic E-state index is 4.28. The molecule has 0 radical (unpaired) electrons. The summed E-state index contributed by atoms with van der Waals surface area (Å²) in [6, 6.07) is 2.25. The van der Waals surface area contributed by atoms with Gasteiger partial charge in [0.05, 0.1) is 0 Å². The molecule has 0 saturated carbocycles. The van der Waals surface area contributed by atoms with Crippen LogP contribution in [0.4, 0.5) is 0 Å². The molecule has 1 aliphatic heterocycles. The molecule has 0 amide bonds. The van der Waals surface area contributed by atoms with E-state index < -0.39 is 0 Å². The van der Waals surface area contributed by atoms with E-state index in [0.717, 1.165) is 19.0 Å². The summed E-state index contributed by atoms with van der Waals surface area (Å²) in [7, 11) is 0. The van der Waals surface area contributed by atoms with Gasteiger partial charge in [-0.2, -0.15) is 0 Å². The van der Waals surface area contributed by atoms with Gasteiger partial charge in [0.25, 0.3) is 0 Å². The van der Waals surface area contributed by atoms with Crippen LogP contribution >= 0.6 is 0 Å². The van der Waals surface area contributed by atoms with E-state index in [9.17, 15) is 0 Å². The fourth-order valence-corrected chi connectivity index (χ4v) is 2.70. The smallest absolute Gasteiger partial charge is 0.0313 e. The van der Waals surface area contributed by atoms with Gasteiger partial charge in [0, 0.05) is 25.5 Å². The summed E-state index contributed by atoms with van der Waals surface area (Å²) in [4.78, 5) is 6.83. The Labute approximate surface area is 111 Å². The molecule has 18 heavy (non-hydrogen) atoms. The lowest BCUT2D eigenvalue weighted by Crippen LogP contribution is -2.35. The fraction of sp³-hybridized carbons (Fsp3) is 0.667. The number of nitrogens with zero attached hydrogens (tertiary/aromatic N) is 2. The third-order valence-corrected chi connectivity index (χ3v) is 3.76. The molecule has 0 aromatic carbocycles. The SMILES string of the molecule is CCN(Cc1cncc(C)c1)CC1CCNCC1. The maximum absolute atomic E-state index is 4.28. The topological polar surface area (TPSA) is 28.2 Å². The first-order valence-electron chi connectivity index (χ1n) is 7.11. The van der Waals surface area contributed by atoms with Crippen molar-refractivity contribution in [3.63, 3.8) is 0 Å². The lowest BCUT2D eigenvalue weighted by Gasteiger charge is -2.29. The molecule has 1 aromatic heterocycles. The van der Waals surface area contributed by atoms with E-state index in [1.54, 1.807) is 0 Å². The molecule has 1 saturated heterocycles. The highest BCUT2D eigenvalue weighted by Gasteiger charge is 2.16. The van der Waals surface area contributed by atoms with Crippen molar-refractivity contribution < 1.29 is 0 Å². The second kappa shape index (κ2) is 6.86. The van der Waals surface area contributed by atoms with Gasteiger partial charge in [-0.3, -0.25) is 9.88 Å². The number of hydrogen-bond acceptors (Lipinski definition) is 3. The molecule has 0 aliphatic carbocycles. The first-order valence-corrected chi connectivity index (χ1v) is 7.11. The monoisotopic (exact) mass is 247 g/mol. The number of pyridine rings is 1. The Morgan fingerprint density at radius 2 is 2.11 bits per heavy atom. The Bertz CT molecular complexity index is 359. The van der Waals surface area contributed by atoms with Crippen LogP contribution < -0.4 is 5.32 Å². The van der Waals surface area contributed by atoms with Crippen LogP contribution in [-0.4, -0.2) is 36.1 Å². The van der Waals surface area contributed by atoms with Crippen LogP contribution in [0.15, 0.2) is 18.5 Å². The van der Waals surface area contributed by atoms with E-state index in [1.165, 1.54) is 43.6 Å². The summed E-state index contributed by atoms with van der Waals surface area (Å²) in [6.45, 7) is 10.1. The van der Waals surface area contributed by atoms with Crippen molar-refractivity contribution in [3.8, 4) is 0 Å². The van der Waals surface area contributed by atoms with Gasteiger partial charge < -0.3 is 5.32 Å². The molecule has 0 spiro atoms. The van der Waals surface area contributed by atoms with Gasteiger partial charge in [0.2, 0.25) is 0 Å². The van der Waals surface area contributed by atoms with Gasteiger partial charge in [0.1, 0.15) is 0 Å². The molecule has 0 atom stereocenters. The molecule has 3 nitrogen and oxygen atoms in total. The second-order valence-electron chi connectivity index (χ2n) is 5.39. The van der Waals surface area contributed by atoms with Crippen molar-refractivity contribution in [2.45, 2.75) is 33.2 Å². The molecule has 0 unspecified atom stereocenters. The standard InChI is InChI=1S/C15H25N3/c1-3-18(11-14-4-6-16-7-5-14)12-15-8-13(2)9-17-10-15/h8-10,14,16H,3-7,11-12H2,1-2H3. The fourth-order valence-electron chi connectivity index (χ4n) is 2.70. The molecule has 0 bridgehead atoms. The number of aryl methyl sites for hydroxylation is 1. The summed E-state index contributed by atoms with van der Waals surface area (Å²) in [5, 5.41) is 3.43. The largest absolute Gasteiger partial charge is 0.317 e. The quantitative estimate of drug-likeness (QED) is 0.864. The molecule has 2 heterocycles. The molecule has 1 aromatic rings. The van der Waals surface area contributed by atoms with Crippen LogP contribution in [0.1, 0.15) is 30.9 Å². The summed E-state index contributed by atoms with van der Waals surface area (Å²) in [5.74, 6) is 0.865. The molecule has 100 valence electrons. The van der Waals surface area contributed by atoms with Crippen LogP contribution in [0.5, 0.6) is 0 Å². The van der Waals surface area contributed by atoms with Crippen LogP contribution in [0.2, 0.25) is 0 Å². The molecule has 3 heteroatoms. The van der Waals surface area contributed by atoms with E-state index in [-0.39, 0.29) is 0 Å². The molecular formula is C15H25N3. The van der Waals surface area contributed by atoms with Crippen LogP contribution in [-0.2, 0) is 6.54 Å². The lowest BCUT2D eigenvalue weighted by molar-refractivity contribution is 0.207. The predicted octanol–water partition coefficient (Wildman–Crippen LogP) is 2.21.